The van der Waals surface area contributed by atoms with Crippen molar-refractivity contribution in [3.05, 3.63) is 29.8 Å². The first-order valence-electron chi connectivity index (χ1n) is 5.31. The van der Waals surface area contributed by atoms with Gasteiger partial charge in [-0.15, -0.1) is 0 Å². The van der Waals surface area contributed by atoms with Crippen LogP contribution in [0.4, 0.5) is 0 Å². The molecule has 0 spiro atoms. The van der Waals surface area contributed by atoms with Crippen molar-refractivity contribution in [2.24, 2.45) is 0 Å². The molecule has 1 rings (SSSR count). The number of sulfonamides is 1. The Hall–Kier alpha value is -0.950. The molecule has 0 aliphatic carbocycles. The third kappa shape index (κ3) is 4.43. The molecule has 0 saturated carbocycles. The van der Waals surface area contributed by atoms with Gasteiger partial charge in [0.05, 0.1) is 18.1 Å². The van der Waals surface area contributed by atoms with E-state index in [1.54, 1.807) is 24.3 Å². The minimum Gasteiger partial charge on any atom is -0.382 e. The predicted molar refractivity (Wildman–Crippen MR) is 64.0 cm³/mol. The van der Waals surface area contributed by atoms with Crippen LogP contribution in [0.2, 0.25) is 0 Å². The van der Waals surface area contributed by atoms with Gasteiger partial charge in [0.1, 0.15) is 0 Å². The Bertz CT molecular complexity index is 427. The molecule has 6 heteroatoms. The van der Waals surface area contributed by atoms with Crippen LogP contribution in [0.25, 0.3) is 0 Å². The Morgan fingerprint density at radius 3 is 2.35 bits per heavy atom. The average Bonchev–Trinajstić information content (AvgIpc) is 2.35. The summed E-state index contributed by atoms with van der Waals surface area (Å²) in [5, 5.41) is 0. The fraction of sp³-hybridized carbons (Fsp3) is 0.455. The van der Waals surface area contributed by atoms with E-state index in [-0.39, 0.29) is 11.5 Å². The van der Waals surface area contributed by atoms with Gasteiger partial charge in [-0.3, -0.25) is 4.84 Å². The molecule has 0 saturated heterocycles. The van der Waals surface area contributed by atoms with Crippen LogP contribution in [0.1, 0.15) is 12.5 Å². The van der Waals surface area contributed by atoms with Crippen molar-refractivity contribution >= 4 is 10.0 Å². The highest BCUT2D eigenvalue weighted by atomic mass is 32.2. The Balaban J connectivity index is 2.62. The number of nitrogens with one attached hydrogen (secondary N) is 1. The summed E-state index contributed by atoms with van der Waals surface area (Å²) >= 11 is 0. The molecule has 0 heterocycles. The zero-order valence-electron chi connectivity index (χ0n) is 9.97. The van der Waals surface area contributed by atoms with Crippen molar-refractivity contribution in [1.29, 1.82) is 0 Å². The fourth-order valence-electron chi connectivity index (χ4n) is 1.20. The standard InChI is InChI=1S/C11H17NO4S/c1-3-10-4-6-11(7-5-10)17(13,14)12-16-9-8-15-2/h4-7,12H,3,8-9H2,1-2H3. The van der Waals surface area contributed by atoms with Gasteiger partial charge in [0.15, 0.2) is 0 Å². The van der Waals surface area contributed by atoms with E-state index in [4.69, 9.17) is 9.57 Å². The molecule has 0 atom stereocenters. The number of hydrogen-bond donors (Lipinski definition) is 1. The van der Waals surface area contributed by atoms with Gasteiger partial charge in [0, 0.05) is 7.11 Å². The summed E-state index contributed by atoms with van der Waals surface area (Å²) in [5.74, 6) is 0. The normalized spacial score (nSPS) is 11.6. The molecule has 0 aliphatic heterocycles. The maximum Gasteiger partial charge on any atom is 0.262 e. The highest BCUT2D eigenvalue weighted by molar-refractivity contribution is 7.89. The minimum absolute atomic E-state index is 0.169. The van der Waals surface area contributed by atoms with E-state index >= 15 is 0 Å². The lowest BCUT2D eigenvalue weighted by Crippen LogP contribution is -2.25. The second-order valence-electron chi connectivity index (χ2n) is 3.43. The van der Waals surface area contributed by atoms with Crippen LogP contribution in [0.5, 0.6) is 0 Å². The van der Waals surface area contributed by atoms with Crippen LogP contribution in [-0.4, -0.2) is 28.7 Å². The van der Waals surface area contributed by atoms with Crippen molar-refractivity contribution in [3.63, 3.8) is 0 Å². The topological polar surface area (TPSA) is 64.6 Å². The van der Waals surface area contributed by atoms with Gasteiger partial charge >= 0.3 is 0 Å². The van der Waals surface area contributed by atoms with Gasteiger partial charge in [-0.1, -0.05) is 23.9 Å². The van der Waals surface area contributed by atoms with Crippen LogP contribution < -0.4 is 4.89 Å². The highest BCUT2D eigenvalue weighted by Crippen LogP contribution is 2.10. The average molecular weight is 259 g/mol. The Kier molecular flexibility index (Phi) is 5.57. The number of methoxy groups -OCH3 is 1. The summed E-state index contributed by atoms with van der Waals surface area (Å²) in [6, 6.07) is 6.68. The Morgan fingerprint density at radius 1 is 1.18 bits per heavy atom. The maximum absolute atomic E-state index is 11.7. The van der Waals surface area contributed by atoms with Gasteiger partial charge in [0.25, 0.3) is 10.0 Å². The molecule has 0 bridgehead atoms. The molecule has 0 unspecified atom stereocenters. The van der Waals surface area contributed by atoms with Crippen LogP contribution in [0.15, 0.2) is 29.2 Å². The molecule has 0 fully saturated rings. The summed E-state index contributed by atoms with van der Waals surface area (Å²) < 4.78 is 28.2. The van der Waals surface area contributed by atoms with Gasteiger partial charge in [-0.05, 0) is 24.1 Å². The zero-order valence-corrected chi connectivity index (χ0v) is 10.8. The SMILES string of the molecule is CCc1ccc(S(=O)(=O)NOCCOC)cc1. The summed E-state index contributed by atoms with van der Waals surface area (Å²) in [4.78, 5) is 7.01. The molecule has 5 nitrogen and oxygen atoms in total. The highest BCUT2D eigenvalue weighted by Gasteiger charge is 2.13. The van der Waals surface area contributed by atoms with Crippen LogP contribution in [0.3, 0.4) is 0 Å². The molecule has 0 aliphatic rings. The van der Waals surface area contributed by atoms with Crippen LogP contribution in [-0.2, 0) is 26.0 Å². The molecule has 0 aromatic heterocycles. The Labute approximate surface area is 102 Å². The van der Waals surface area contributed by atoms with Crippen molar-refractivity contribution in [2.75, 3.05) is 20.3 Å². The van der Waals surface area contributed by atoms with E-state index in [9.17, 15) is 8.42 Å². The first-order valence-corrected chi connectivity index (χ1v) is 6.80. The summed E-state index contributed by atoms with van der Waals surface area (Å²) in [7, 11) is -2.08. The van der Waals surface area contributed by atoms with E-state index in [1.807, 2.05) is 11.8 Å². The first kappa shape index (κ1) is 14.1. The number of ether oxygens (including phenoxy) is 1. The third-order valence-electron chi connectivity index (χ3n) is 2.20. The summed E-state index contributed by atoms with van der Waals surface area (Å²) in [5.41, 5.74) is 1.09. The van der Waals surface area contributed by atoms with Crippen molar-refractivity contribution < 1.29 is 18.0 Å². The smallest absolute Gasteiger partial charge is 0.262 e. The van der Waals surface area contributed by atoms with E-state index in [0.29, 0.717) is 6.61 Å². The number of rotatable bonds is 7. The Morgan fingerprint density at radius 2 is 1.82 bits per heavy atom. The molecular formula is C11H17NO4S. The second kappa shape index (κ2) is 6.70. The lowest BCUT2D eigenvalue weighted by Gasteiger charge is -2.07. The molecule has 1 aromatic rings. The fourth-order valence-corrected chi connectivity index (χ4v) is 2.03. The quantitative estimate of drug-likeness (QED) is 0.588. The zero-order chi connectivity index (χ0) is 12.7. The van der Waals surface area contributed by atoms with Crippen molar-refractivity contribution in [2.45, 2.75) is 18.2 Å². The van der Waals surface area contributed by atoms with Crippen LogP contribution >= 0.6 is 0 Å². The van der Waals surface area contributed by atoms with Gasteiger partial charge in [-0.25, -0.2) is 8.42 Å². The molecule has 1 N–H and O–H groups in total. The van der Waals surface area contributed by atoms with E-state index in [1.165, 1.54) is 7.11 Å². The van der Waals surface area contributed by atoms with E-state index in [2.05, 4.69) is 0 Å². The van der Waals surface area contributed by atoms with Crippen molar-refractivity contribution in [3.8, 4) is 0 Å². The molecule has 17 heavy (non-hydrogen) atoms. The lowest BCUT2D eigenvalue weighted by molar-refractivity contribution is 0.0438. The minimum atomic E-state index is -3.59. The summed E-state index contributed by atoms with van der Waals surface area (Å²) in [6.45, 7) is 2.51. The van der Waals surface area contributed by atoms with Crippen molar-refractivity contribution in [1.82, 2.24) is 4.89 Å². The third-order valence-corrected chi connectivity index (χ3v) is 3.43. The number of hydrogen-bond acceptors (Lipinski definition) is 4. The maximum atomic E-state index is 11.7. The predicted octanol–water partition coefficient (Wildman–Crippen LogP) is 1.11. The van der Waals surface area contributed by atoms with Crippen LogP contribution in [0, 0.1) is 0 Å². The second-order valence-corrected chi connectivity index (χ2v) is 5.07. The first-order chi connectivity index (χ1) is 8.10. The molecule has 0 radical (unpaired) electrons. The van der Waals surface area contributed by atoms with E-state index in [0.717, 1.165) is 12.0 Å². The van der Waals surface area contributed by atoms with E-state index < -0.39 is 10.0 Å². The monoisotopic (exact) mass is 259 g/mol. The molecule has 0 amide bonds. The van der Waals surface area contributed by atoms with Gasteiger partial charge in [0.2, 0.25) is 0 Å². The number of aryl methyl sites for hydroxylation is 1. The van der Waals surface area contributed by atoms with Gasteiger partial charge in [-0.2, -0.15) is 0 Å². The largest absolute Gasteiger partial charge is 0.382 e. The molecule has 96 valence electrons. The molecular weight excluding hydrogens is 242 g/mol. The molecule has 1 aromatic carbocycles. The van der Waals surface area contributed by atoms with Gasteiger partial charge < -0.3 is 4.74 Å². The number of benzene rings is 1. The lowest BCUT2D eigenvalue weighted by atomic mass is 10.2. The summed E-state index contributed by atoms with van der Waals surface area (Å²) in [6.07, 6.45) is 0.873.